The summed E-state index contributed by atoms with van der Waals surface area (Å²) in [6.07, 6.45) is 1.57. The maximum Gasteiger partial charge on any atom is 0.358 e. The smallest absolute Gasteiger partial charge is 0.358 e. The number of imidazole rings is 1. The second kappa shape index (κ2) is 6.27. The number of hydrogen-bond donors (Lipinski definition) is 0. The van der Waals surface area contributed by atoms with Gasteiger partial charge in [0.25, 0.3) is 0 Å². The summed E-state index contributed by atoms with van der Waals surface area (Å²) in [4.78, 5) is 16.4. The van der Waals surface area contributed by atoms with Crippen LogP contribution in [0.3, 0.4) is 0 Å². The number of esters is 1. The molecule has 3 aromatic rings. The third kappa shape index (κ3) is 3.38. The van der Waals surface area contributed by atoms with Gasteiger partial charge in [-0.15, -0.1) is 0 Å². The number of fused-ring (bicyclic) bond motifs is 1. The summed E-state index contributed by atoms with van der Waals surface area (Å²) in [6, 6.07) is 8.09. The van der Waals surface area contributed by atoms with Gasteiger partial charge in [0.1, 0.15) is 5.82 Å². The summed E-state index contributed by atoms with van der Waals surface area (Å²) in [7, 11) is 0. The van der Waals surface area contributed by atoms with Gasteiger partial charge in [-0.1, -0.05) is 20.8 Å². The number of halogens is 1. The Morgan fingerprint density at radius 3 is 2.52 bits per heavy atom. The fourth-order valence-corrected chi connectivity index (χ4v) is 2.59. The average molecular weight is 341 g/mol. The van der Waals surface area contributed by atoms with E-state index in [9.17, 15) is 9.18 Å². The van der Waals surface area contributed by atoms with Crippen LogP contribution in [0.1, 0.15) is 43.7 Å². The van der Waals surface area contributed by atoms with E-state index in [2.05, 4.69) is 30.9 Å². The lowest BCUT2D eigenvalue weighted by Crippen LogP contribution is -2.14. The van der Waals surface area contributed by atoms with Gasteiger partial charge in [0.05, 0.1) is 18.5 Å². The first-order valence-corrected chi connectivity index (χ1v) is 8.13. The van der Waals surface area contributed by atoms with Crippen molar-refractivity contribution in [1.29, 1.82) is 0 Å². The molecule has 0 spiro atoms. The molecule has 130 valence electrons. The van der Waals surface area contributed by atoms with Crippen molar-refractivity contribution in [3.8, 4) is 11.3 Å². The van der Waals surface area contributed by atoms with Crippen molar-refractivity contribution >= 4 is 11.6 Å². The van der Waals surface area contributed by atoms with Crippen molar-refractivity contribution in [3.63, 3.8) is 0 Å². The van der Waals surface area contributed by atoms with Crippen LogP contribution < -0.4 is 0 Å². The number of benzene rings is 1. The Labute approximate surface area is 145 Å². The largest absolute Gasteiger partial charge is 0.461 e. The summed E-state index contributed by atoms with van der Waals surface area (Å²) in [5.74, 6) is -0.774. The number of hydrogen-bond acceptors (Lipinski definition) is 4. The van der Waals surface area contributed by atoms with Gasteiger partial charge in [0.2, 0.25) is 0 Å². The Balaban J connectivity index is 2.20. The molecule has 0 bridgehead atoms. The van der Waals surface area contributed by atoms with Gasteiger partial charge in [-0.2, -0.15) is 5.10 Å². The van der Waals surface area contributed by atoms with Crippen molar-refractivity contribution < 1.29 is 13.9 Å². The third-order valence-corrected chi connectivity index (χ3v) is 3.86. The van der Waals surface area contributed by atoms with Gasteiger partial charge in [-0.25, -0.2) is 18.7 Å². The van der Waals surface area contributed by atoms with Gasteiger partial charge in [0.15, 0.2) is 11.3 Å². The van der Waals surface area contributed by atoms with E-state index in [-0.39, 0.29) is 23.5 Å². The lowest BCUT2D eigenvalue weighted by atomic mass is 9.87. The van der Waals surface area contributed by atoms with Crippen LogP contribution in [-0.2, 0) is 10.2 Å². The molecule has 0 saturated heterocycles. The molecule has 0 atom stereocenters. The number of carbonyl (C=O) groups excluding carboxylic acids is 1. The van der Waals surface area contributed by atoms with Crippen molar-refractivity contribution in [2.24, 2.45) is 0 Å². The predicted molar refractivity (Wildman–Crippen MR) is 93.0 cm³/mol. The van der Waals surface area contributed by atoms with Gasteiger partial charge < -0.3 is 4.74 Å². The third-order valence-electron chi connectivity index (χ3n) is 3.86. The monoisotopic (exact) mass is 341 g/mol. The number of carbonyl (C=O) groups is 1. The summed E-state index contributed by atoms with van der Waals surface area (Å²) >= 11 is 0. The lowest BCUT2D eigenvalue weighted by molar-refractivity contribution is 0.0520. The Hall–Kier alpha value is -2.76. The van der Waals surface area contributed by atoms with E-state index >= 15 is 0 Å². The molecule has 0 radical (unpaired) electrons. The molecule has 0 aliphatic carbocycles. The molecule has 0 fully saturated rings. The first-order chi connectivity index (χ1) is 11.8. The highest BCUT2D eigenvalue weighted by Gasteiger charge is 2.23. The zero-order valence-electron chi connectivity index (χ0n) is 14.7. The van der Waals surface area contributed by atoms with E-state index < -0.39 is 5.97 Å². The van der Waals surface area contributed by atoms with Crippen LogP contribution in [-0.4, -0.2) is 27.2 Å². The molecule has 5 nitrogen and oxygen atoms in total. The topological polar surface area (TPSA) is 56.5 Å². The molecule has 6 heteroatoms. The van der Waals surface area contributed by atoms with Gasteiger partial charge in [-0.3, -0.25) is 0 Å². The maximum atomic E-state index is 13.2. The van der Waals surface area contributed by atoms with Crippen LogP contribution >= 0.6 is 0 Å². The normalized spacial score (nSPS) is 11.7. The minimum Gasteiger partial charge on any atom is -0.461 e. The van der Waals surface area contributed by atoms with Gasteiger partial charge in [0, 0.05) is 11.1 Å². The maximum absolute atomic E-state index is 13.2. The van der Waals surface area contributed by atoms with Gasteiger partial charge in [-0.05, 0) is 42.7 Å². The Morgan fingerprint density at radius 2 is 1.92 bits per heavy atom. The highest BCUT2D eigenvalue weighted by Crippen LogP contribution is 2.29. The first-order valence-electron chi connectivity index (χ1n) is 8.13. The average Bonchev–Trinajstić information content (AvgIpc) is 2.98. The number of aromatic nitrogens is 3. The SMILES string of the molecule is CCOC(=O)c1cn2nc(-c3ccc(F)cc3)cc(C(C)(C)C)c2n1. The Bertz CT molecular complexity index is 924. The molecule has 0 aliphatic rings. The summed E-state index contributed by atoms with van der Waals surface area (Å²) in [5.41, 5.74) is 3.04. The van der Waals surface area contributed by atoms with Crippen LogP contribution in [0.25, 0.3) is 16.9 Å². The zero-order valence-corrected chi connectivity index (χ0v) is 14.7. The van der Waals surface area contributed by atoms with Crippen LogP contribution in [0, 0.1) is 5.82 Å². The quantitative estimate of drug-likeness (QED) is 0.676. The van der Waals surface area contributed by atoms with E-state index in [0.29, 0.717) is 11.3 Å². The minimum absolute atomic E-state index is 0.212. The van der Waals surface area contributed by atoms with E-state index in [0.717, 1.165) is 11.1 Å². The summed E-state index contributed by atoms with van der Waals surface area (Å²) < 4.78 is 19.8. The molecule has 2 aromatic heterocycles. The first kappa shape index (κ1) is 17.1. The second-order valence-electron chi connectivity index (χ2n) is 6.81. The van der Waals surface area contributed by atoms with Crippen molar-refractivity contribution in [3.05, 3.63) is 53.6 Å². The highest BCUT2D eigenvalue weighted by molar-refractivity contribution is 5.88. The standard InChI is InChI=1S/C19H20FN3O2/c1-5-25-18(24)16-11-23-17(21-16)14(19(2,3)4)10-15(22-23)12-6-8-13(20)9-7-12/h6-11H,5H2,1-4H3. The molecule has 0 N–H and O–H groups in total. The lowest BCUT2D eigenvalue weighted by Gasteiger charge is -2.20. The van der Waals surface area contributed by atoms with Crippen LogP contribution in [0.15, 0.2) is 36.5 Å². The van der Waals surface area contributed by atoms with E-state index in [1.54, 1.807) is 29.8 Å². The summed E-state index contributed by atoms with van der Waals surface area (Å²) in [5, 5.41) is 4.54. The molecular formula is C19H20FN3O2. The van der Waals surface area contributed by atoms with Crippen LogP contribution in [0.5, 0.6) is 0 Å². The minimum atomic E-state index is -0.476. The van der Waals surface area contributed by atoms with Gasteiger partial charge >= 0.3 is 5.97 Å². The number of nitrogens with zero attached hydrogens (tertiary/aromatic N) is 3. The number of rotatable bonds is 3. The fourth-order valence-electron chi connectivity index (χ4n) is 2.59. The molecular weight excluding hydrogens is 321 g/mol. The fraction of sp³-hybridized carbons (Fsp3) is 0.316. The van der Waals surface area contributed by atoms with Crippen molar-refractivity contribution in [1.82, 2.24) is 14.6 Å². The molecule has 25 heavy (non-hydrogen) atoms. The number of ether oxygens (including phenoxy) is 1. The van der Waals surface area contributed by atoms with Crippen LogP contribution in [0.4, 0.5) is 4.39 Å². The molecule has 2 heterocycles. The zero-order chi connectivity index (χ0) is 18.2. The molecule has 0 amide bonds. The van der Waals surface area contributed by atoms with E-state index in [1.165, 1.54) is 12.1 Å². The highest BCUT2D eigenvalue weighted by atomic mass is 19.1. The van der Waals surface area contributed by atoms with E-state index in [1.807, 2.05) is 6.07 Å². The van der Waals surface area contributed by atoms with Crippen molar-refractivity contribution in [2.75, 3.05) is 6.61 Å². The molecule has 0 saturated carbocycles. The van der Waals surface area contributed by atoms with Crippen LogP contribution in [0.2, 0.25) is 0 Å². The Morgan fingerprint density at radius 1 is 1.24 bits per heavy atom. The molecule has 0 aliphatic heterocycles. The molecule has 0 unspecified atom stereocenters. The Kier molecular flexibility index (Phi) is 4.29. The van der Waals surface area contributed by atoms with E-state index in [4.69, 9.17) is 4.74 Å². The second-order valence-corrected chi connectivity index (χ2v) is 6.81. The molecule has 3 rings (SSSR count). The predicted octanol–water partition coefficient (Wildman–Crippen LogP) is 4.01. The molecule has 1 aromatic carbocycles. The van der Waals surface area contributed by atoms with Crippen molar-refractivity contribution in [2.45, 2.75) is 33.1 Å². The summed E-state index contributed by atoms with van der Waals surface area (Å²) in [6.45, 7) is 8.23.